The Balaban J connectivity index is 1.66. The molecule has 0 spiro atoms. The topological polar surface area (TPSA) is 33.2 Å². The van der Waals surface area contributed by atoms with Gasteiger partial charge in [-0.25, -0.2) is 9.37 Å². The first-order chi connectivity index (χ1) is 15.6. The van der Waals surface area contributed by atoms with Crippen molar-refractivity contribution in [2.24, 2.45) is 5.92 Å². The molecule has 0 unspecified atom stereocenters. The van der Waals surface area contributed by atoms with Gasteiger partial charge in [0.25, 0.3) is 0 Å². The Morgan fingerprint density at radius 2 is 1.61 bits per heavy atom. The predicted octanol–water partition coefficient (Wildman–Crippen LogP) is 6.70. The molecule has 1 aliphatic rings. The second kappa shape index (κ2) is 8.61. The van der Waals surface area contributed by atoms with Crippen LogP contribution in [0.2, 0.25) is 0 Å². The number of hydrogen-bond acceptors (Lipinski definition) is 2. The van der Waals surface area contributed by atoms with Crippen LogP contribution in [0.15, 0.2) is 72.8 Å². The zero-order chi connectivity index (χ0) is 23.8. The van der Waals surface area contributed by atoms with Crippen molar-refractivity contribution in [2.45, 2.75) is 44.3 Å². The van der Waals surface area contributed by atoms with E-state index < -0.39 is 23.2 Å². The Bertz CT molecular complexity index is 1140. The summed E-state index contributed by atoms with van der Waals surface area (Å²) in [5.74, 6) is -0.967. The molecule has 1 amide bonds. The van der Waals surface area contributed by atoms with Crippen LogP contribution in [0.4, 0.5) is 23.2 Å². The van der Waals surface area contributed by atoms with Crippen molar-refractivity contribution in [1.82, 2.24) is 4.98 Å². The lowest BCUT2D eigenvalue weighted by atomic mass is 9.78. The lowest BCUT2D eigenvalue weighted by Crippen LogP contribution is -2.32. The van der Waals surface area contributed by atoms with Gasteiger partial charge in [0.1, 0.15) is 11.5 Å². The molecule has 1 fully saturated rings. The van der Waals surface area contributed by atoms with Gasteiger partial charge in [-0.15, -0.1) is 0 Å². The predicted molar refractivity (Wildman–Crippen MR) is 118 cm³/mol. The highest BCUT2D eigenvalue weighted by Crippen LogP contribution is 2.44. The fourth-order valence-electron chi connectivity index (χ4n) is 4.58. The van der Waals surface area contributed by atoms with E-state index in [1.807, 2.05) is 30.3 Å². The van der Waals surface area contributed by atoms with Gasteiger partial charge in [-0.05, 0) is 54.8 Å². The van der Waals surface area contributed by atoms with Crippen molar-refractivity contribution in [2.75, 3.05) is 4.90 Å². The standard InChI is InChI=1S/C26H24F4N2O/c1-25(2,22-12-7-13-23(31-22)26(28,29)30)16-18-15-21(17-8-6-9-19(27)14-17)32(24(18)33)20-10-4-3-5-11-20/h3-14,18,21H,15-16H2,1-2H3/t18-,21+/m0/s1. The number of anilines is 1. The molecule has 7 heteroatoms. The van der Waals surface area contributed by atoms with E-state index in [0.29, 0.717) is 24.1 Å². The first kappa shape index (κ1) is 23.0. The molecule has 0 N–H and O–H groups in total. The monoisotopic (exact) mass is 456 g/mol. The summed E-state index contributed by atoms with van der Waals surface area (Å²) in [6, 6.07) is 18.8. The molecule has 1 saturated heterocycles. The van der Waals surface area contributed by atoms with Gasteiger partial charge in [0.05, 0.1) is 6.04 Å². The van der Waals surface area contributed by atoms with Crippen LogP contribution in [-0.2, 0) is 16.4 Å². The van der Waals surface area contributed by atoms with Crippen molar-refractivity contribution >= 4 is 11.6 Å². The minimum Gasteiger partial charge on any atom is -0.305 e. The third-order valence-corrected chi connectivity index (χ3v) is 6.16. The zero-order valence-electron chi connectivity index (χ0n) is 18.3. The van der Waals surface area contributed by atoms with E-state index >= 15 is 0 Å². The van der Waals surface area contributed by atoms with E-state index in [0.717, 1.165) is 6.07 Å². The molecule has 3 aromatic rings. The molecule has 1 aliphatic heterocycles. The lowest BCUT2D eigenvalue weighted by Gasteiger charge is -2.27. The van der Waals surface area contributed by atoms with Crippen LogP contribution in [0.3, 0.4) is 0 Å². The first-order valence-corrected chi connectivity index (χ1v) is 10.7. The van der Waals surface area contributed by atoms with Gasteiger partial charge in [-0.1, -0.05) is 50.2 Å². The number of carbonyl (C=O) groups is 1. The smallest absolute Gasteiger partial charge is 0.305 e. The number of alkyl halides is 3. The van der Waals surface area contributed by atoms with E-state index in [1.165, 1.54) is 18.2 Å². The molecule has 33 heavy (non-hydrogen) atoms. The van der Waals surface area contributed by atoms with Gasteiger partial charge in [0, 0.05) is 22.7 Å². The maximum absolute atomic E-state index is 14.0. The van der Waals surface area contributed by atoms with Gasteiger partial charge in [-0.2, -0.15) is 13.2 Å². The average Bonchev–Trinajstić information content (AvgIpc) is 3.09. The maximum Gasteiger partial charge on any atom is 0.433 e. The van der Waals surface area contributed by atoms with E-state index in [2.05, 4.69) is 4.98 Å². The molecule has 1 aromatic heterocycles. The van der Waals surface area contributed by atoms with Crippen LogP contribution in [-0.4, -0.2) is 10.9 Å². The number of rotatable bonds is 5. The molecule has 2 atom stereocenters. The van der Waals surface area contributed by atoms with Crippen molar-refractivity contribution < 1.29 is 22.4 Å². The number of carbonyl (C=O) groups excluding carboxylic acids is 1. The highest BCUT2D eigenvalue weighted by atomic mass is 19.4. The van der Waals surface area contributed by atoms with Crippen LogP contribution in [0.5, 0.6) is 0 Å². The Labute approximate surface area is 190 Å². The second-order valence-electron chi connectivity index (χ2n) is 9.04. The number of halogens is 4. The molecule has 2 aromatic carbocycles. The lowest BCUT2D eigenvalue weighted by molar-refractivity contribution is -0.141. The molecule has 2 heterocycles. The summed E-state index contributed by atoms with van der Waals surface area (Å²) < 4.78 is 53.5. The highest BCUT2D eigenvalue weighted by molar-refractivity contribution is 5.98. The van der Waals surface area contributed by atoms with Crippen LogP contribution >= 0.6 is 0 Å². The summed E-state index contributed by atoms with van der Waals surface area (Å²) in [7, 11) is 0. The van der Waals surface area contributed by atoms with E-state index in [-0.39, 0.29) is 23.5 Å². The third-order valence-electron chi connectivity index (χ3n) is 6.16. The average molecular weight is 456 g/mol. The first-order valence-electron chi connectivity index (χ1n) is 10.7. The Morgan fingerprint density at radius 1 is 0.939 bits per heavy atom. The van der Waals surface area contributed by atoms with Gasteiger partial charge in [-0.3, -0.25) is 4.79 Å². The summed E-state index contributed by atoms with van der Waals surface area (Å²) in [5, 5.41) is 0. The Morgan fingerprint density at radius 3 is 2.27 bits per heavy atom. The van der Waals surface area contributed by atoms with Crippen LogP contribution < -0.4 is 4.90 Å². The van der Waals surface area contributed by atoms with Crippen molar-refractivity contribution in [1.29, 1.82) is 0 Å². The second-order valence-corrected chi connectivity index (χ2v) is 9.04. The number of amides is 1. The molecule has 0 aliphatic carbocycles. The number of para-hydroxylation sites is 1. The van der Waals surface area contributed by atoms with E-state index in [1.54, 1.807) is 36.9 Å². The molecule has 0 saturated carbocycles. The summed E-state index contributed by atoms with van der Waals surface area (Å²) in [5.41, 5.74) is -0.0558. The molecule has 172 valence electrons. The van der Waals surface area contributed by atoms with Crippen molar-refractivity contribution in [3.63, 3.8) is 0 Å². The Kier molecular flexibility index (Phi) is 5.99. The molecular weight excluding hydrogens is 432 g/mol. The quantitative estimate of drug-likeness (QED) is 0.400. The van der Waals surface area contributed by atoms with Gasteiger partial charge in [0.15, 0.2) is 0 Å². The SMILES string of the molecule is CC(C)(C[C@@H]1C[C@H](c2cccc(F)c2)N(c2ccccc2)C1=O)c1cccc(C(F)(F)F)n1. The minimum absolute atomic E-state index is 0.129. The fourth-order valence-corrected chi connectivity index (χ4v) is 4.58. The molecule has 3 nitrogen and oxygen atoms in total. The zero-order valence-corrected chi connectivity index (χ0v) is 18.3. The van der Waals surface area contributed by atoms with Crippen molar-refractivity contribution in [3.8, 4) is 0 Å². The molecule has 0 radical (unpaired) electrons. The van der Waals surface area contributed by atoms with Crippen molar-refractivity contribution in [3.05, 3.63) is 95.6 Å². The normalized spacial score (nSPS) is 19.2. The maximum atomic E-state index is 14.0. The highest BCUT2D eigenvalue weighted by Gasteiger charge is 2.44. The van der Waals surface area contributed by atoms with Gasteiger partial charge >= 0.3 is 6.18 Å². The van der Waals surface area contributed by atoms with Crippen LogP contribution in [0, 0.1) is 11.7 Å². The number of aromatic nitrogens is 1. The fraction of sp³-hybridized carbons (Fsp3) is 0.308. The summed E-state index contributed by atoms with van der Waals surface area (Å²) in [6.45, 7) is 3.59. The van der Waals surface area contributed by atoms with Gasteiger partial charge < -0.3 is 4.90 Å². The third kappa shape index (κ3) is 4.77. The van der Waals surface area contributed by atoms with E-state index in [4.69, 9.17) is 0 Å². The number of pyridine rings is 1. The van der Waals surface area contributed by atoms with E-state index in [9.17, 15) is 22.4 Å². The van der Waals surface area contributed by atoms with Crippen LogP contribution in [0.1, 0.15) is 49.7 Å². The molecule has 0 bridgehead atoms. The summed E-state index contributed by atoms with van der Waals surface area (Å²) in [6.07, 6.45) is -3.79. The van der Waals surface area contributed by atoms with Gasteiger partial charge in [0.2, 0.25) is 5.91 Å². The number of hydrogen-bond donors (Lipinski definition) is 0. The molecule has 4 rings (SSSR count). The minimum atomic E-state index is -4.54. The number of nitrogens with zero attached hydrogens (tertiary/aromatic N) is 2. The van der Waals surface area contributed by atoms with Crippen LogP contribution in [0.25, 0.3) is 0 Å². The summed E-state index contributed by atoms with van der Waals surface area (Å²) >= 11 is 0. The Hall–Kier alpha value is -3.22. The molecular formula is C26H24F4N2O. The number of benzene rings is 2. The largest absolute Gasteiger partial charge is 0.433 e. The summed E-state index contributed by atoms with van der Waals surface area (Å²) in [4.78, 5) is 19.1.